The van der Waals surface area contributed by atoms with Crippen LogP contribution in [0.15, 0.2) is 24.3 Å². The van der Waals surface area contributed by atoms with Crippen LogP contribution in [0.5, 0.6) is 5.75 Å². The van der Waals surface area contributed by atoms with E-state index in [0.717, 1.165) is 37.8 Å². The van der Waals surface area contributed by atoms with E-state index in [9.17, 15) is 0 Å². The third-order valence-corrected chi connectivity index (χ3v) is 4.51. The Labute approximate surface area is 129 Å². The van der Waals surface area contributed by atoms with Gasteiger partial charge in [0.1, 0.15) is 5.75 Å². The van der Waals surface area contributed by atoms with E-state index in [2.05, 4.69) is 23.1 Å². The second-order valence-corrected chi connectivity index (χ2v) is 6.11. The molecule has 0 spiro atoms. The van der Waals surface area contributed by atoms with Gasteiger partial charge in [0.2, 0.25) is 0 Å². The number of methoxy groups -OCH3 is 1. The zero-order valence-corrected chi connectivity index (χ0v) is 13.4. The summed E-state index contributed by atoms with van der Waals surface area (Å²) < 4.78 is 5.34. The van der Waals surface area contributed by atoms with Crippen LogP contribution >= 0.6 is 0 Å². The smallest absolute Gasteiger partial charge is 0.119 e. The topological polar surface area (TPSA) is 38.5 Å². The molecule has 118 valence electrons. The zero-order valence-electron chi connectivity index (χ0n) is 13.4. The van der Waals surface area contributed by atoms with Crippen LogP contribution in [0.2, 0.25) is 0 Å². The summed E-state index contributed by atoms with van der Waals surface area (Å²) in [6.07, 6.45) is 9.33. The molecule has 0 heterocycles. The van der Waals surface area contributed by atoms with Gasteiger partial charge in [0, 0.05) is 12.6 Å². The molecule has 0 radical (unpaired) electrons. The van der Waals surface area contributed by atoms with Crippen molar-refractivity contribution in [2.75, 3.05) is 20.2 Å². The molecule has 0 aliphatic heterocycles. The molecule has 0 amide bonds. The van der Waals surface area contributed by atoms with E-state index >= 15 is 0 Å². The molecule has 0 aromatic heterocycles. The Balaban J connectivity index is 2.03. The fourth-order valence-electron chi connectivity index (χ4n) is 3.31. The van der Waals surface area contributed by atoms with Crippen LogP contribution in [0.25, 0.3) is 0 Å². The summed E-state index contributed by atoms with van der Waals surface area (Å²) in [5, 5.41) is 0. The molecule has 1 aromatic rings. The quantitative estimate of drug-likeness (QED) is 0.780. The first-order valence-corrected chi connectivity index (χ1v) is 8.40. The molecule has 3 heteroatoms. The standard InChI is InChI=1S/C18H30N2O/c1-21-18-11-6-8-16(14-18)15-20(13-7-12-19)17-9-4-2-3-5-10-17/h6,8,11,14,17H,2-5,7,9-10,12-13,15,19H2,1H3. The van der Waals surface area contributed by atoms with Gasteiger partial charge in [-0.3, -0.25) is 4.90 Å². The van der Waals surface area contributed by atoms with Crippen LogP contribution in [0, 0.1) is 0 Å². The van der Waals surface area contributed by atoms with Crippen molar-refractivity contribution in [3.63, 3.8) is 0 Å². The van der Waals surface area contributed by atoms with Crippen LogP contribution in [0.4, 0.5) is 0 Å². The molecule has 1 saturated carbocycles. The Morgan fingerprint density at radius 2 is 1.95 bits per heavy atom. The summed E-state index contributed by atoms with van der Waals surface area (Å²) in [7, 11) is 1.73. The van der Waals surface area contributed by atoms with Gasteiger partial charge in [-0.2, -0.15) is 0 Å². The summed E-state index contributed by atoms with van der Waals surface area (Å²) in [5.74, 6) is 0.951. The molecular weight excluding hydrogens is 260 g/mol. The van der Waals surface area contributed by atoms with E-state index in [4.69, 9.17) is 10.5 Å². The van der Waals surface area contributed by atoms with Crippen molar-refractivity contribution in [2.45, 2.75) is 57.5 Å². The summed E-state index contributed by atoms with van der Waals surface area (Å²) in [6.45, 7) is 2.90. The van der Waals surface area contributed by atoms with E-state index in [1.807, 2.05) is 6.07 Å². The SMILES string of the molecule is COc1cccc(CN(CCCN)C2CCCCCC2)c1. The van der Waals surface area contributed by atoms with Gasteiger partial charge < -0.3 is 10.5 Å². The van der Waals surface area contributed by atoms with E-state index in [1.165, 1.54) is 44.1 Å². The highest BCUT2D eigenvalue weighted by atomic mass is 16.5. The van der Waals surface area contributed by atoms with Gasteiger partial charge in [-0.05, 0) is 50.0 Å². The van der Waals surface area contributed by atoms with Crippen molar-refractivity contribution >= 4 is 0 Å². The first-order valence-electron chi connectivity index (χ1n) is 8.40. The lowest BCUT2D eigenvalue weighted by atomic mass is 10.1. The molecule has 2 rings (SSSR count). The lowest BCUT2D eigenvalue weighted by molar-refractivity contribution is 0.169. The molecule has 0 bridgehead atoms. The Kier molecular flexibility index (Phi) is 7.04. The lowest BCUT2D eigenvalue weighted by Gasteiger charge is -2.31. The first kappa shape index (κ1) is 16.3. The van der Waals surface area contributed by atoms with E-state index in [1.54, 1.807) is 7.11 Å². The summed E-state index contributed by atoms with van der Waals surface area (Å²) >= 11 is 0. The molecule has 2 N–H and O–H groups in total. The van der Waals surface area contributed by atoms with E-state index in [0.29, 0.717) is 0 Å². The molecule has 1 aliphatic carbocycles. The normalized spacial score (nSPS) is 16.9. The van der Waals surface area contributed by atoms with Crippen LogP contribution < -0.4 is 10.5 Å². The maximum Gasteiger partial charge on any atom is 0.119 e. The van der Waals surface area contributed by atoms with Crippen LogP contribution in [-0.2, 0) is 6.54 Å². The zero-order chi connectivity index (χ0) is 14.9. The van der Waals surface area contributed by atoms with Crippen LogP contribution in [0.3, 0.4) is 0 Å². The van der Waals surface area contributed by atoms with Gasteiger partial charge in [0.25, 0.3) is 0 Å². The summed E-state index contributed by atoms with van der Waals surface area (Å²) in [4.78, 5) is 2.65. The first-order chi connectivity index (χ1) is 10.3. The number of hydrogen-bond acceptors (Lipinski definition) is 3. The van der Waals surface area contributed by atoms with Crippen molar-refractivity contribution in [3.8, 4) is 5.75 Å². The number of ether oxygens (including phenoxy) is 1. The molecule has 1 aliphatic rings. The Morgan fingerprint density at radius 3 is 2.62 bits per heavy atom. The maximum atomic E-state index is 5.73. The minimum Gasteiger partial charge on any atom is -0.497 e. The predicted molar refractivity (Wildman–Crippen MR) is 88.6 cm³/mol. The van der Waals surface area contributed by atoms with Gasteiger partial charge in [0.15, 0.2) is 0 Å². The lowest BCUT2D eigenvalue weighted by Crippen LogP contribution is -2.36. The third kappa shape index (κ3) is 5.33. The van der Waals surface area contributed by atoms with Gasteiger partial charge in [-0.15, -0.1) is 0 Å². The number of hydrogen-bond donors (Lipinski definition) is 1. The maximum absolute atomic E-state index is 5.73. The van der Waals surface area contributed by atoms with Crippen LogP contribution in [-0.4, -0.2) is 31.1 Å². The van der Waals surface area contributed by atoms with Gasteiger partial charge in [0.05, 0.1) is 7.11 Å². The second kappa shape index (κ2) is 9.06. The monoisotopic (exact) mass is 290 g/mol. The Morgan fingerprint density at radius 1 is 1.19 bits per heavy atom. The summed E-state index contributed by atoms with van der Waals surface area (Å²) in [6, 6.07) is 9.19. The molecule has 1 fully saturated rings. The van der Waals surface area contributed by atoms with E-state index < -0.39 is 0 Å². The molecular formula is C18H30N2O. The third-order valence-electron chi connectivity index (χ3n) is 4.51. The van der Waals surface area contributed by atoms with Crippen LogP contribution in [0.1, 0.15) is 50.5 Å². The van der Waals surface area contributed by atoms with Crippen molar-refractivity contribution < 1.29 is 4.74 Å². The van der Waals surface area contributed by atoms with Crippen molar-refractivity contribution in [2.24, 2.45) is 5.73 Å². The molecule has 0 atom stereocenters. The molecule has 21 heavy (non-hydrogen) atoms. The van der Waals surface area contributed by atoms with Gasteiger partial charge in [-0.25, -0.2) is 0 Å². The molecule has 1 aromatic carbocycles. The fraction of sp³-hybridized carbons (Fsp3) is 0.667. The minimum absolute atomic E-state index is 0.727. The number of rotatable bonds is 7. The highest BCUT2D eigenvalue weighted by Crippen LogP contribution is 2.24. The highest BCUT2D eigenvalue weighted by molar-refractivity contribution is 5.28. The number of nitrogens with two attached hydrogens (primary N) is 1. The molecule has 0 unspecified atom stereocenters. The largest absolute Gasteiger partial charge is 0.497 e. The summed E-state index contributed by atoms with van der Waals surface area (Å²) in [5.41, 5.74) is 7.07. The fourth-order valence-corrected chi connectivity index (χ4v) is 3.31. The Bertz CT molecular complexity index is 400. The average Bonchev–Trinajstić information content (AvgIpc) is 2.81. The predicted octanol–water partition coefficient (Wildman–Crippen LogP) is 3.57. The van der Waals surface area contributed by atoms with Crippen molar-refractivity contribution in [1.29, 1.82) is 0 Å². The number of benzene rings is 1. The van der Waals surface area contributed by atoms with Gasteiger partial charge in [-0.1, -0.05) is 37.8 Å². The molecule has 3 nitrogen and oxygen atoms in total. The van der Waals surface area contributed by atoms with Crippen molar-refractivity contribution in [3.05, 3.63) is 29.8 Å². The average molecular weight is 290 g/mol. The highest BCUT2D eigenvalue weighted by Gasteiger charge is 2.20. The number of nitrogens with zero attached hydrogens (tertiary/aromatic N) is 1. The van der Waals surface area contributed by atoms with Gasteiger partial charge >= 0.3 is 0 Å². The van der Waals surface area contributed by atoms with Crippen molar-refractivity contribution in [1.82, 2.24) is 4.90 Å². The minimum atomic E-state index is 0.727. The molecule has 0 saturated heterocycles. The Hall–Kier alpha value is -1.06. The second-order valence-electron chi connectivity index (χ2n) is 6.11. The van der Waals surface area contributed by atoms with E-state index in [-0.39, 0.29) is 0 Å².